The van der Waals surface area contributed by atoms with Crippen molar-refractivity contribution in [1.82, 2.24) is 0 Å². The third kappa shape index (κ3) is 2.09. The summed E-state index contributed by atoms with van der Waals surface area (Å²) >= 11 is 1.45. The Morgan fingerprint density at radius 2 is 1.83 bits per heavy atom. The van der Waals surface area contributed by atoms with Crippen LogP contribution in [0.25, 0.3) is 0 Å². The molecule has 0 bridgehead atoms. The maximum Gasteiger partial charge on any atom is 0.499 e. The molecule has 66 valence electrons. The van der Waals surface area contributed by atoms with E-state index >= 15 is 0 Å². The molecule has 2 nitrogen and oxygen atoms in total. The smallest absolute Gasteiger partial charge is 0.423 e. The van der Waals surface area contributed by atoms with Gasteiger partial charge in [0.1, 0.15) is 0 Å². The van der Waals surface area contributed by atoms with Gasteiger partial charge in [-0.2, -0.15) is 0 Å². The van der Waals surface area contributed by atoms with Gasteiger partial charge in [-0.3, -0.25) is 0 Å². The van der Waals surface area contributed by atoms with Crippen LogP contribution in [-0.2, 0) is 5.41 Å². The topological polar surface area (TPSA) is 40.5 Å². The lowest BCUT2D eigenvalue weighted by atomic mass is 9.89. The van der Waals surface area contributed by atoms with Gasteiger partial charge in [0.2, 0.25) is 0 Å². The molecule has 0 aliphatic rings. The lowest BCUT2D eigenvalue weighted by Gasteiger charge is -2.15. The maximum atomic E-state index is 8.87. The van der Waals surface area contributed by atoms with Crippen molar-refractivity contribution in [1.29, 1.82) is 0 Å². The molecule has 4 heteroatoms. The van der Waals surface area contributed by atoms with Gasteiger partial charge < -0.3 is 10.0 Å². The standard InChI is InChI=1S/C8H13BO2S/c1-8(2,3)6-4-5-7(12-6)9(10)11/h4-5,10-11H,1-3H3. The number of hydrogen-bond acceptors (Lipinski definition) is 3. The predicted octanol–water partition coefficient (Wildman–Crippen LogP) is 0.725. The fourth-order valence-electron chi connectivity index (χ4n) is 0.895. The van der Waals surface area contributed by atoms with Crippen LogP contribution in [0, 0.1) is 0 Å². The first-order chi connectivity index (χ1) is 5.41. The van der Waals surface area contributed by atoms with Crippen LogP contribution in [0.4, 0.5) is 0 Å². The first-order valence-electron chi connectivity index (χ1n) is 3.87. The predicted molar refractivity (Wildman–Crippen MR) is 52.8 cm³/mol. The lowest BCUT2D eigenvalue weighted by molar-refractivity contribution is 0.427. The maximum absolute atomic E-state index is 8.87. The van der Waals surface area contributed by atoms with Crippen molar-refractivity contribution in [3.63, 3.8) is 0 Å². The van der Waals surface area contributed by atoms with Crippen molar-refractivity contribution in [2.45, 2.75) is 26.2 Å². The van der Waals surface area contributed by atoms with E-state index in [2.05, 4.69) is 20.8 Å². The van der Waals surface area contributed by atoms with Gasteiger partial charge >= 0.3 is 7.12 Å². The first kappa shape index (κ1) is 9.77. The highest BCUT2D eigenvalue weighted by Crippen LogP contribution is 2.25. The molecule has 0 amide bonds. The monoisotopic (exact) mass is 184 g/mol. The van der Waals surface area contributed by atoms with Crippen molar-refractivity contribution in [2.24, 2.45) is 0 Å². The van der Waals surface area contributed by atoms with Crippen LogP contribution in [0.2, 0.25) is 0 Å². The average molecular weight is 184 g/mol. The van der Waals surface area contributed by atoms with E-state index in [1.54, 1.807) is 6.07 Å². The van der Waals surface area contributed by atoms with Crippen molar-refractivity contribution < 1.29 is 10.0 Å². The molecule has 1 rings (SSSR count). The molecular weight excluding hydrogens is 171 g/mol. The molecule has 1 aromatic rings. The minimum Gasteiger partial charge on any atom is -0.423 e. The van der Waals surface area contributed by atoms with Gasteiger partial charge in [-0.05, 0) is 11.5 Å². The van der Waals surface area contributed by atoms with Gasteiger partial charge in [-0.1, -0.05) is 26.8 Å². The van der Waals surface area contributed by atoms with Gasteiger partial charge in [0.15, 0.2) is 0 Å². The van der Waals surface area contributed by atoms with E-state index in [9.17, 15) is 0 Å². The first-order valence-corrected chi connectivity index (χ1v) is 4.69. The Labute approximate surface area is 77.0 Å². The molecule has 0 atom stereocenters. The van der Waals surface area contributed by atoms with E-state index < -0.39 is 7.12 Å². The summed E-state index contributed by atoms with van der Waals surface area (Å²) in [5.74, 6) is 0. The Hall–Kier alpha value is -0.315. The molecule has 0 radical (unpaired) electrons. The molecule has 2 N–H and O–H groups in total. The quantitative estimate of drug-likeness (QED) is 0.631. The van der Waals surface area contributed by atoms with Crippen molar-refractivity contribution in [2.75, 3.05) is 0 Å². The van der Waals surface area contributed by atoms with E-state index in [0.717, 1.165) is 0 Å². The Morgan fingerprint density at radius 3 is 2.08 bits per heavy atom. The summed E-state index contributed by atoms with van der Waals surface area (Å²) < 4.78 is 0.611. The zero-order valence-electron chi connectivity index (χ0n) is 7.53. The van der Waals surface area contributed by atoms with Crippen molar-refractivity contribution in [3.05, 3.63) is 17.0 Å². The minimum absolute atomic E-state index is 0.0950. The molecule has 0 fully saturated rings. The number of hydrogen-bond donors (Lipinski definition) is 2. The van der Waals surface area contributed by atoms with Crippen LogP contribution in [0.3, 0.4) is 0 Å². The normalized spacial score (nSPS) is 11.8. The molecule has 1 aromatic heterocycles. The zero-order chi connectivity index (χ0) is 9.35. The van der Waals surface area contributed by atoms with Crippen LogP contribution >= 0.6 is 11.3 Å². The van der Waals surface area contributed by atoms with Gasteiger partial charge in [0, 0.05) is 9.65 Å². The zero-order valence-corrected chi connectivity index (χ0v) is 8.35. The highest BCUT2D eigenvalue weighted by atomic mass is 32.1. The highest BCUT2D eigenvalue weighted by molar-refractivity contribution is 7.22. The molecule has 0 saturated heterocycles. The molecule has 0 aliphatic heterocycles. The van der Waals surface area contributed by atoms with Crippen LogP contribution in [0.5, 0.6) is 0 Å². The molecule has 1 heterocycles. The number of thiophene rings is 1. The Kier molecular flexibility index (Phi) is 2.61. The van der Waals surface area contributed by atoms with Crippen LogP contribution in [0.15, 0.2) is 12.1 Å². The van der Waals surface area contributed by atoms with Gasteiger partial charge in [0.05, 0.1) is 0 Å². The van der Waals surface area contributed by atoms with Crippen molar-refractivity contribution in [3.8, 4) is 0 Å². The summed E-state index contributed by atoms with van der Waals surface area (Å²) in [7, 11) is -1.33. The molecule has 0 unspecified atom stereocenters. The number of rotatable bonds is 1. The van der Waals surface area contributed by atoms with Crippen LogP contribution < -0.4 is 4.78 Å². The third-order valence-electron chi connectivity index (χ3n) is 1.62. The summed E-state index contributed by atoms with van der Waals surface area (Å²) in [6, 6.07) is 3.70. The van der Waals surface area contributed by atoms with E-state index in [-0.39, 0.29) is 5.41 Å². The largest absolute Gasteiger partial charge is 0.499 e. The molecular formula is C8H13BO2S. The highest BCUT2D eigenvalue weighted by Gasteiger charge is 2.20. The summed E-state index contributed by atoms with van der Waals surface area (Å²) in [6.07, 6.45) is 0. The minimum atomic E-state index is -1.33. The third-order valence-corrected chi connectivity index (χ3v) is 3.17. The fraction of sp³-hybridized carbons (Fsp3) is 0.500. The second-order valence-electron chi connectivity index (χ2n) is 3.83. The van der Waals surface area contributed by atoms with E-state index in [0.29, 0.717) is 4.78 Å². The van der Waals surface area contributed by atoms with Crippen molar-refractivity contribution >= 4 is 23.2 Å². The van der Waals surface area contributed by atoms with Gasteiger partial charge in [-0.15, -0.1) is 11.3 Å². The molecule has 12 heavy (non-hydrogen) atoms. The lowest BCUT2D eigenvalue weighted by Crippen LogP contribution is -2.26. The summed E-state index contributed by atoms with van der Waals surface area (Å²) in [5, 5.41) is 17.7. The van der Waals surface area contributed by atoms with Crippen LogP contribution in [-0.4, -0.2) is 17.2 Å². The molecule has 0 aromatic carbocycles. The summed E-state index contributed by atoms with van der Waals surface area (Å²) in [6.45, 7) is 6.31. The van der Waals surface area contributed by atoms with Crippen LogP contribution in [0.1, 0.15) is 25.6 Å². The SMILES string of the molecule is CC(C)(C)c1ccc(B(O)O)s1. The Morgan fingerprint density at radius 1 is 1.25 bits per heavy atom. The molecule has 0 saturated carbocycles. The van der Waals surface area contributed by atoms with E-state index in [4.69, 9.17) is 10.0 Å². The molecule has 0 spiro atoms. The van der Waals surface area contributed by atoms with Gasteiger partial charge in [0.25, 0.3) is 0 Å². The Balaban J connectivity index is 2.92. The second-order valence-corrected chi connectivity index (χ2v) is 4.94. The fourth-order valence-corrected chi connectivity index (χ4v) is 1.83. The van der Waals surface area contributed by atoms with E-state index in [1.807, 2.05) is 6.07 Å². The summed E-state index contributed by atoms with van der Waals surface area (Å²) in [4.78, 5) is 1.17. The molecule has 0 aliphatic carbocycles. The average Bonchev–Trinajstić information content (AvgIpc) is 2.30. The summed E-state index contributed by atoms with van der Waals surface area (Å²) in [5.41, 5.74) is 0.0950. The Bertz CT molecular complexity index is 262. The van der Waals surface area contributed by atoms with Gasteiger partial charge in [-0.25, -0.2) is 0 Å². The van der Waals surface area contributed by atoms with E-state index in [1.165, 1.54) is 16.2 Å². The second kappa shape index (κ2) is 3.20.